The van der Waals surface area contributed by atoms with E-state index >= 15 is 0 Å². The standard InChI is InChI=1S/C28H40N6O3/c1-23-20-30-26(21-29-23)28(36)34(12-5-11-32-16-18-37-19-17-32)15-10-27(35)31-25-8-13-33(14-9-25)22-24-6-3-2-4-7-24/h2-4,6-7,20-21,25H,5,8-19,22H2,1H3,(H,31,35). The molecule has 1 N–H and O–H groups in total. The van der Waals surface area contributed by atoms with Crippen molar-refractivity contribution < 1.29 is 14.3 Å². The van der Waals surface area contributed by atoms with Gasteiger partial charge in [-0.1, -0.05) is 30.3 Å². The van der Waals surface area contributed by atoms with E-state index in [2.05, 4.69) is 49.4 Å². The van der Waals surface area contributed by atoms with E-state index in [1.54, 1.807) is 11.1 Å². The molecular weight excluding hydrogens is 468 g/mol. The molecule has 2 amide bonds. The maximum absolute atomic E-state index is 13.2. The van der Waals surface area contributed by atoms with Crippen molar-refractivity contribution in [1.82, 2.24) is 30.0 Å². The van der Waals surface area contributed by atoms with Gasteiger partial charge in [0.05, 0.1) is 25.1 Å². The molecular formula is C28H40N6O3. The number of piperidine rings is 1. The first-order chi connectivity index (χ1) is 18.1. The summed E-state index contributed by atoms with van der Waals surface area (Å²) >= 11 is 0. The van der Waals surface area contributed by atoms with Gasteiger partial charge in [-0.3, -0.25) is 24.4 Å². The Morgan fingerprint density at radius 3 is 2.46 bits per heavy atom. The molecule has 0 atom stereocenters. The van der Waals surface area contributed by atoms with E-state index in [1.807, 2.05) is 13.0 Å². The van der Waals surface area contributed by atoms with E-state index in [0.717, 1.165) is 77.4 Å². The van der Waals surface area contributed by atoms with Crippen LogP contribution in [0.4, 0.5) is 0 Å². The number of aryl methyl sites for hydroxylation is 1. The van der Waals surface area contributed by atoms with Crippen molar-refractivity contribution in [2.24, 2.45) is 0 Å². The number of nitrogens with zero attached hydrogens (tertiary/aromatic N) is 5. The van der Waals surface area contributed by atoms with Crippen molar-refractivity contribution in [2.45, 2.75) is 45.2 Å². The van der Waals surface area contributed by atoms with Crippen LogP contribution in [0.1, 0.15) is 47.4 Å². The molecule has 0 bridgehead atoms. The highest BCUT2D eigenvalue weighted by Gasteiger charge is 2.23. The number of hydrogen-bond donors (Lipinski definition) is 1. The van der Waals surface area contributed by atoms with E-state index < -0.39 is 0 Å². The summed E-state index contributed by atoms with van der Waals surface area (Å²) in [5, 5.41) is 3.20. The summed E-state index contributed by atoms with van der Waals surface area (Å²) in [5.74, 6) is -0.168. The lowest BCUT2D eigenvalue weighted by Crippen LogP contribution is -2.45. The fourth-order valence-corrected chi connectivity index (χ4v) is 4.90. The smallest absolute Gasteiger partial charge is 0.274 e. The number of amides is 2. The van der Waals surface area contributed by atoms with Crippen LogP contribution >= 0.6 is 0 Å². The number of morpholine rings is 1. The number of carbonyl (C=O) groups is 2. The van der Waals surface area contributed by atoms with Crippen molar-refractivity contribution in [1.29, 1.82) is 0 Å². The molecule has 2 saturated heterocycles. The fraction of sp³-hybridized carbons (Fsp3) is 0.571. The predicted molar refractivity (Wildman–Crippen MR) is 142 cm³/mol. The maximum atomic E-state index is 13.2. The summed E-state index contributed by atoms with van der Waals surface area (Å²) in [4.78, 5) is 41.0. The number of benzene rings is 1. The molecule has 0 saturated carbocycles. The van der Waals surface area contributed by atoms with Crippen LogP contribution in [0, 0.1) is 6.92 Å². The summed E-state index contributed by atoms with van der Waals surface area (Å²) in [7, 11) is 0. The molecule has 0 unspecified atom stereocenters. The zero-order valence-electron chi connectivity index (χ0n) is 22.0. The number of nitrogens with one attached hydrogen (secondary N) is 1. The number of rotatable bonds is 11. The van der Waals surface area contributed by atoms with Gasteiger partial charge in [0.15, 0.2) is 0 Å². The first kappa shape index (κ1) is 27.2. The van der Waals surface area contributed by atoms with Gasteiger partial charge in [0.25, 0.3) is 5.91 Å². The molecule has 9 heteroatoms. The monoisotopic (exact) mass is 508 g/mol. The topological polar surface area (TPSA) is 90.9 Å². The Kier molecular flexibility index (Phi) is 10.4. The number of aromatic nitrogens is 2. The molecule has 0 aliphatic carbocycles. The largest absolute Gasteiger partial charge is 0.379 e. The van der Waals surface area contributed by atoms with Gasteiger partial charge in [-0.15, -0.1) is 0 Å². The van der Waals surface area contributed by atoms with Crippen molar-refractivity contribution >= 4 is 11.8 Å². The van der Waals surface area contributed by atoms with Gasteiger partial charge in [-0.05, 0) is 31.7 Å². The maximum Gasteiger partial charge on any atom is 0.274 e. The molecule has 2 aromatic rings. The SMILES string of the molecule is Cc1cnc(C(=O)N(CCCN2CCOCC2)CCC(=O)NC2CCN(Cc3ccccc3)CC2)cn1. The Hall–Kier alpha value is -2.88. The highest BCUT2D eigenvalue weighted by atomic mass is 16.5. The van der Waals surface area contributed by atoms with Crippen molar-refractivity contribution in [3.63, 3.8) is 0 Å². The van der Waals surface area contributed by atoms with E-state index in [-0.39, 0.29) is 24.3 Å². The van der Waals surface area contributed by atoms with E-state index in [1.165, 1.54) is 11.8 Å². The zero-order valence-corrected chi connectivity index (χ0v) is 22.0. The van der Waals surface area contributed by atoms with Crippen LogP contribution in [0.25, 0.3) is 0 Å². The molecule has 9 nitrogen and oxygen atoms in total. The lowest BCUT2D eigenvalue weighted by molar-refractivity contribution is -0.122. The summed E-state index contributed by atoms with van der Waals surface area (Å²) in [6.07, 6.45) is 6.14. The minimum atomic E-state index is -0.170. The summed E-state index contributed by atoms with van der Waals surface area (Å²) < 4.78 is 5.42. The summed E-state index contributed by atoms with van der Waals surface area (Å²) in [6.45, 7) is 9.94. The lowest BCUT2D eigenvalue weighted by Gasteiger charge is -2.32. The second-order valence-corrected chi connectivity index (χ2v) is 10.00. The molecule has 2 fully saturated rings. The van der Waals surface area contributed by atoms with Crippen LogP contribution < -0.4 is 5.32 Å². The van der Waals surface area contributed by atoms with E-state index in [0.29, 0.717) is 18.8 Å². The van der Waals surface area contributed by atoms with Gasteiger partial charge < -0.3 is 15.0 Å². The Morgan fingerprint density at radius 1 is 1.00 bits per heavy atom. The molecule has 3 heterocycles. The van der Waals surface area contributed by atoms with Crippen LogP contribution in [0.15, 0.2) is 42.7 Å². The normalized spacial score (nSPS) is 17.4. The molecule has 2 aliphatic heterocycles. The molecule has 0 spiro atoms. The Bertz CT molecular complexity index is 973. The van der Waals surface area contributed by atoms with Crippen LogP contribution in [-0.2, 0) is 16.1 Å². The average Bonchev–Trinajstić information content (AvgIpc) is 2.93. The minimum Gasteiger partial charge on any atom is -0.379 e. The predicted octanol–water partition coefficient (Wildman–Crippen LogP) is 2.12. The molecule has 200 valence electrons. The van der Waals surface area contributed by atoms with Crippen molar-refractivity contribution in [3.05, 3.63) is 59.7 Å². The number of likely N-dealkylation sites (tertiary alicyclic amines) is 1. The van der Waals surface area contributed by atoms with Crippen LogP contribution in [0.5, 0.6) is 0 Å². The van der Waals surface area contributed by atoms with E-state index in [4.69, 9.17) is 4.74 Å². The molecule has 2 aliphatic rings. The van der Waals surface area contributed by atoms with Gasteiger partial charge >= 0.3 is 0 Å². The number of hydrogen-bond acceptors (Lipinski definition) is 7. The van der Waals surface area contributed by atoms with Crippen LogP contribution in [0.2, 0.25) is 0 Å². The highest BCUT2D eigenvalue weighted by Crippen LogP contribution is 2.14. The van der Waals surface area contributed by atoms with Gasteiger partial charge in [-0.25, -0.2) is 4.98 Å². The quantitative estimate of drug-likeness (QED) is 0.497. The van der Waals surface area contributed by atoms with Crippen molar-refractivity contribution in [2.75, 3.05) is 59.0 Å². The third kappa shape index (κ3) is 8.87. The Labute approximate surface area is 220 Å². The van der Waals surface area contributed by atoms with Gasteiger partial charge in [0.1, 0.15) is 5.69 Å². The third-order valence-electron chi connectivity index (χ3n) is 7.10. The Morgan fingerprint density at radius 2 is 1.76 bits per heavy atom. The van der Waals surface area contributed by atoms with E-state index in [9.17, 15) is 9.59 Å². The molecule has 1 aromatic carbocycles. The number of ether oxygens (including phenoxy) is 1. The van der Waals surface area contributed by atoms with Gasteiger partial charge in [-0.2, -0.15) is 0 Å². The first-order valence-electron chi connectivity index (χ1n) is 13.5. The minimum absolute atomic E-state index is 0.00230. The molecule has 1 aromatic heterocycles. The molecule has 4 rings (SSSR count). The summed E-state index contributed by atoms with van der Waals surface area (Å²) in [5.41, 5.74) is 2.41. The highest BCUT2D eigenvalue weighted by molar-refractivity contribution is 5.92. The first-order valence-corrected chi connectivity index (χ1v) is 13.5. The summed E-state index contributed by atoms with van der Waals surface area (Å²) in [6, 6.07) is 10.7. The second kappa shape index (κ2) is 14.2. The third-order valence-corrected chi connectivity index (χ3v) is 7.10. The molecule has 37 heavy (non-hydrogen) atoms. The van der Waals surface area contributed by atoms with Crippen LogP contribution in [-0.4, -0.2) is 102 Å². The Balaban J connectivity index is 1.23. The van der Waals surface area contributed by atoms with Gasteiger partial charge in [0, 0.05) is 71.0 Å². The zero-order chi connectivity index (χ0) is 25.9. The van der Waals surface area contributed by atoms with Crippen molar-refractivity contribution in [3.8, 4) is 0 Å². The second-order valence-electron chi connectivity index (χ2n) is 10.00. The molecule has 0 radical (unpaired) electrons. The van der Waals surface area contributed by atoms with Gasteiger partial charge in [0.2, 0.25) is 5.91 Å². The number of carbonyl (C=O) groups excluding carboxylic acids is 2. The van der Waals surface area contributed by atoms with Crippen LogP contribution in [0.3, 0.4) is 0 Å². The lowest BCUT2D eigenvalue weighted by atomic mass is 10.0. The average molecular weight is 509 g/mol. The fourth-order valence-electron chi connectivity index (χ4n) is 4.90.